The topological polar surface area (TPSA) is 0 Å². The Morgan fingerprint density at radius 1 is 0.818 bits per heavy atom. The van der Waals surface area contributed by atoms with E-state index in [1.807, 2.05) is 13.8 Å². The van der Waals surface area contributed by atoms with E-state index in [4.69, 9.17) is 0 Å². The third-order valence-corrected chi connectivity index (χ3v) is 4.42. The van der Waals surface area contributed by atoms with Crippen molar-refractivity contribution in [2.45, 2.75) is 66.2 Å². The maximum Gasteiger partial charge on any atom is -0.00133 e. The number of aryl methyl sites for hydroxylation is 2. The van der Waals surface area contributed by atoms with E-state index < -0.39 is 0 Å². The lowest BCUT2D eigenvalue weighted by molar-refractivity contribution is 0.667. The number of fused-ring (bicyclic) bond motifs is 3. The van der Waals surface area contributed by atoms with E-state index in [-0.39, 0.29) is 0 Å². The van der Waals surface area contributed by atoms with Gasteiger partial charge in [-0.15, -0.1) is 0 Å². The molecule has 0 radical (unpaired) electrons. The van der Waals surface area contributed by atoms with E-state index in [0.29, 0.717) is 0 Å². The van der Waals surface area contributed by atoms with E-state index in [1.54, 1.807) is 0 Å². The van der Waals surface area contributed by atoms with E-state index >= 15 is 0 Å². The zero-order valence-corrected chi connectivity index (χ0v) is 14.7. The monoisotopic (exact) mass is 294 g/mol. The van der Waals surface area contributed by atoms with E-state index in [1.165, 1.54) is 65.5 Å². The van der Waals surface area contributed by atoms with Crippen molar-refractivity contribution in [3.8, 4) is 11.1 Å². The zero-order valence-electron chi connectivity index (χ0n) is 14.7. The molecule has 0 aromatic heterocycles. The molecule has 0 fully saturated rings. The first-order chi connectivity index (χ1) is 10.8. The van der Waals surface area contributed by atoms with Gasteiger partial charge in [0, 0.05) is 0 Å². The summed E-state index contributed by atoms with van der Waals surface area (Å²) in [6.45, 7) is 8.46. The Hall–Kier alpha value is -1.56. The first kappa shape index (κ1) is 16.8. The summed E-state index contributed by atoms with van der Waals surface area (Å²) in [5.41, 5.74) is 8.82. The molecule has 2 aromatic rings. The second kappa shape index (κ2) is 8.17. The molecule has 0 bridgehead atoms. The van der Waals surface area contributed by atoms with Crippen molar-refractivity contribution >= 4 is 0 Å². The molecule has 1 aliphatic rings. The van der Waals surface area contributed by atoms with Gasteiger partial charge in [0.15, 0.2) is 0 Å². The maximum absolute atomic E-state index is 2.44. The van der Waals surface area contributed by atoms with Crippen molar-refractivity contribution in [3.05, 3.63) is 58.7 Å². The Kier molecular flexibility index (Phi) is 6.24. The molecule has 0 heterocycles. The molecule has 1 aliphatic carbocycles. The Morgan fingerprint density at radius 3 is 2.23 bits per heavy atom. The van der Waals surface area contributed by atoms with Gasteiger partial charge in [-0.05, 0) is 54.0 Å². The molecule has 0 saturated heterocycles. The number of rotatable bonds is 5. The Morgan fingerprint density at radius 2 is 1.50 bits per heavy atom. The summed E-state index contributed by atoms with van der Waals surface area (Å²) < 4.78 is 0. The van der Waals surface area contributed by atoms with Crippen molar-refractivity contribution in [2.24, 2.45) is 0 Å². The lowest BCUT2D eigenvalue weighted by Gasteiger charge is -2.05. The highest BCUT2D eigenvalue weighted by atomic mass is 14.2. The van der Waals surface area contributed by atoms with Gasteiger partial charge in [0.1, 0.15) is 0 Å². The highest BCUT2D eigenvalue weighted by molar-refractivity contribution is 5.77. The third-order valence-electron chi connectivity index (χ3n) is 4.42. The largest absolute Gasteiger partial charge is 0.0683 e. The zero-order chi connectivity index (χ0) is 15.9. The van der Waals surface area contributed by atoms with Crippen LogP contribution in [-0.2, 0) is 12.8 Å². The molecule has 0 spiro atoms. The van der Waals surface area contributed by atoms with Crippen molar-refractivity contribution in [3.63, 3.8) is 0 Å². The van der Waals surface area contributed by atoms with Crippen LogP contribution in [0.4, 0.5) is 0 Å². The Balaban J connectivity index is 0.000000847. The minimum absolute atomic E-state index is 1.12. The van der Waals surface area contributed by atoms with Crippen LogP contribution in [0.2, 0.25) is 0 Å². The van der Waals surface area contributed by atoms with Gasteiger partial charge in [-0.3, -0.25) is 0 Å². The van der Waals surface area contributed by atoms with Crippen LogP contribution in [0.15, 0.2) is 36.4 Å². The van der Waals surface area contributed by atoms with Gasteiger partial charge in [-0.2, -0.15) is 0 Å². The predicted octanol–water partition coefficient (Wildman–Crippen LogP) is 6.72. The van der Waals surface area contributed by atoms with E-state index in [0.717, 1.165) is 6.42 Å². The Labute approximate surface area is 136 Å². The maximum atomic E-state index is 2.44. The number of unbranched alkanes of at least 4 members (excludes halogenated alkanes) is 3. The SMILES string of the molecule is CC.CCCCCCc1ccc2c(c1)Cc1cc(C)ccc1-2. The summed E-state index contributed by atoms with van der Waals surface area (Å²) in [5, 5.41) is 0. The molecule has 0 heteroatoms. The van der Waals surface area contributed by atoms with Gasteiger partial charge in [-0.25, -0.2) is 0 Å². The van der Waals surface area contributed by atoms with Crippen LogP contribution < -0.4 is 0 Å². The van der Waals surface area contributed by atoms with E-state index in [9.17, 15) is 0 Å². The van der Waals surface area contributed by atoms with Crippen molar-refractivity contribution in [1.29, 1.82) is 0 Å². The number of hydrogen-bond donors (Lipinski definition) is 0. The van der Waals surface area contributed by atoms with Crippen LogP contribution in [0.3, 0.4) is 0 Å². The van der Waals surface area contributed by atoms with Crippen LogP contribution in [0.5, 0.6) is 0 Å². The van der Waals surface area contributed by atoms with Gasteiger partial charge >= 0.3 is 0 Å². The van der Waals surface area contributed by atoms with Crippen LogP contribution >= 0.6 is 0 Å². The van der Waals surface area contributed by atoms with Gasteiger partial charge in [-0.1, -0.05) is 82.0 Å². The molecular formula is C22H30. The normalized spacial score (nSPS) is 11.5. The summed E-state index contributed by atoms with van der Waals surface area (Å²) in [4.78, 5) is 0. The molecule has 0 aliphatic heterocycles. The standard InChI is InChI=1S/C20H24.C2H6/c1-3-4-5-6-7-16-9-11-20-18(13-16)14-17-12-15(2)8-10-19(17)20;1-2/h8-13H,3-7,14H2,1-2H3;1-2H3. The van der Waals surface area contributed by atoms with Gasteiger partial charge in [0.2, 0.25) is 0 Å². The minimum Gasteiger partial charge on any atom is -0.0683 e. The highest BCUT2D eigenvalue weighted by Crippen LogP contribution is 2.37. The van der Waals surface area contributed by atoms with Gasteiger partial charge in [0.05, 0.1) is 0 Å². The van der Waals surface area contributed by atoms with Gasteiger partial charge in [0.25, 0.3) is 0 Å². The molecule has 2 aromatic carbocycles. The molecule has 118 valence electrons. The van der Waals surface area contributed by atoms with Crippen LogP contribution in [0, 0.1) is 6.92 Å². The van der Waals surface area contributed by atoms with Crippen molar-refractivity contribution in [2.75, 3.05) is 0 Å². The molecule has 0 N–H and O–H groups in total. The third kappa shape index (κ3) is 3.80. The lowest BCUT2D eigenvalue weighted by Crippen LogP contribution is -1.89. The second-order valence-electron chi connectivity index (χ2n) is 6.14. The summed E-state index contributed by atoms with van der Waals surface area (Å²) in [5.74, 6) is 0. The minimum atomic E-state index is 1.12. The van der Waals surface area contributed by atoms with Crippen LogP contribution in [0.1, 0.15) is 68.7 Å². The van der Waals surface area contributed by atoms with Crippen molar-refractivity contribution < 1.29 is 0 Å². The molecular weight excluding hydrogens is 264 g/mol. The second-order valence-corrected chi connectivity index (χ2v) is 6.14. The van der Waals surface area contributed by atoms with Crippen LogP contribution in [-0.4, -0.2) is 0 Å². The predicted molar refractivity (Wildman–Crippen MR) is 98.6 cm³/mol. The Bertz CT molecular complexity index is 607. The average Bonchev–Trinajstić information content (AvgIpc) is 2.90. The fraction of sp³-hybridized carbons (Fsp3) is 0.455. The summed E-state index contributed by atoms with van der Waals surface area (Å²) >= 11 is 0. The first-order valence-electron chi connectivity index (χ1n) is 8.99. The highest BCUT2D eigenvalue weighted by Gasteiger charge is 2.18. The summed E-state index contributed by atoms with van der Waals surface area (Å²) in [6, 6.07) is 14.0. The molecule has 0 atom stereocenters. The van der Waals surface area contributed by atoms with Gasteiger partial charge < -0.3 is 0 Å². The molecule has 3 rings (SSSR count). The smallest absolute Gasteiger partial charge is 0.00133 e. The quantitative estimate of drug-likeness (QED) is 0.458. The molecule has 0 unspecified atom stereocenters. The average molecular weight is 294 g/mol. The number of benzene rings is 2. The lowest BCUT2D eigenvalue weighted by atomic mass is 10.00. The summed E-state index contributed by atoms with van der Waals surface area (Å²) in [6.07, 6.45) is 7.75. The van der Waals surface area contributed by atoms with Crippen LogP contribution in [0.25, 0.3) is 11.1 Å². The van der Waals surface area contributed by atoms with Crippen molar-refractivity contribution in [1.82, 2.24) is 0 Å². The van der Waals surface area contributed by atoms with E-state index in [2.05, 4.69) is 50.2 Å². The fourth-order valence-electron chi connectivity index (χ4n) is 3.30. The number of hydrogen-bond acceptors (Lipinski definition) is 0. The first-order valence-corrected chi connectivity index (χ1v) is 8.99. The molecule has 0 amide bonds. The molecule has 22 heavy (non-hydrogen) atoms. The summed E-state index contributed by atoms with van der Waals surface area (Å²) in [7, 11) is 0. The molecule has 0 nitrogen and oxygen atoms in total. The fourth-order valence-corrected chi connectivity index (χ4v) is 3.30. The molecule has 0 saturated carbocycles.